The summed E-state index contributed by atoms with van der Waals surface area (Å²) in [5, 5.41) is 14.1. The first-order chi connectivity index (χ1) is 6.68. The Bertz CT molecular complexity index is 437. The van der Waals surface area contributed by atoms with E-state index in [1.807, 2.05) is 5.38 Å². The maximum absolute atomic E-state index is 5.94. The molecule has 0 aliphatic heterocycles. The number of thiophene rings is 1. The molecular weight excluding hydrogens is 222 g/mol. The summed E-state index contributed by atoms with van der Waals surface area (Å²) in [6.07, 6.45) is 0. The minimum Gasteiger partial charge on any atom is -0.317 e. The van der Waals surface area contributed by atoms with Crippen molar-refractivity contribution in [3.05, 3.63) is 27.2 Å². The normalized spacial score (nSPS) is 13.1. The van der Waals surface area contributed by atoms with E-state index < -0.39 is 6.04 Å². The van der Waals surface area contributed by atoms with Crippen LogP contribution in [-0.4, -0.2) is 20.2 Å². The monoisotopic (exact) mass is 229 g/mol. The Labute approximate surface area is 89.5 Å². The zero-order valence-corrected chi connectivity index (χ0v) is 8.96. The molecule has 0 saturated carbocycles. The Morgan fingerprint density at radius 3 is 2.93 bits per heavy atom. The Morgan fingerprint density at radius 2 is 2.43 bits per heavy atom. The Balaban J connectivity index is 2.33. The third-order valence-electron chi connectivity index (χ3n) is 1.73. The van der Waals surface area contributed by atoms with Gasteiger partial charge in [0.2, 0.25) is 0 Å². The van der Waals surface area contributed by atoms with Gasteiger partial charge in [0.25, 0.3) is 0 Å². The highest BCUT2D eigenvalue weighted by Gasteiger charge is 2.18. The summed E-state index contributed by atoms with van der Waals surface area (Å²) in [5.41, 5.74) is 5.92. The highest BCUT2D eigenvalue weighted by Crippen LogP contribution is 2.29. The molecule has 0 aliphatic rings. The molecule has 0 fully saturated rings. The van der Waals surface area contributed by atoms with E-state index in [4.69, 9.17) is 17.3 Å². The van der Waals surface area contributed by atoms with Crippen molar-refractivity contribution in [3.8, 4) is 0 Å². The van der Waals surface area contributed by atoms with Gasteiger partial charge in [-0.25, -0.2) is 0 Å². The Kier molecular flexibility index (Phi) is 2.49. The smallest absolute Gasteiger partial charge is 0.196 e. The molecule has 0 aromatic carbocycles. The van der Waals surface area contributed by atoms with E-state index in [0.29, 0.717) is 10.8 Å². The van der Waals surface area contributed by atoms with Crippen LogP contribution in [0.2, 0.25) is 5.02 Å². The van der Waals surface area contributed by atoms with Crippen LogP contribution in [0.25, 0.3) is 0 Å². The standard InChI is InChI=1S/C7H8ClN5S/c1-13-11-7(10-12-13)5(9)6-4(8)2-3-14-6/h2-3,5H,9H2,1H3. The van der Waals surface area contributed by atoms with Gasteiger partial charge in [0.15, 0.2) is 5.82 Å². The summed E-state index contributed by atoms with van der Waals surface area (Å²) >= 11 is 7.43. The van der Waals surface area contributed by atoms with Crippen LogP contribution in [0.4, 0.5) is 0 Å². The lowest BCUT2D eigenvalue weighted by Gasteiger charge is -2.03. The molecule has 5 nitrogen and oxygen atoms in total. The number of halogens is 1. The van der Waals surface area contributed by atoms with Crippen molar-refractivity contribution in [3.63, 3.8) is 0 Å². The molecule has 74 valence electrons. The SMILES string of the molecule is Cn1nnc(C(N)c2sccc2Cl)n1. The lowest BCUT2D eigenvalue weighted by molar-refractivity contribution is 0.625. The van der Waals surface area contributed by atoms with E-state index >= 15 is 0 Å². The van der Waals surface area contributed by atoms with Crippen molar-refractivity contribution in [1.82, 2.24) is 20.2 Å². The molecule has 2 aromatic rings. The third-order valence-corrected chi connectivity index (χ3v) is 3.17. The first kappa shape index (κ1) is 9.57. The van der Waals surface area contributed by atoms with Crippen LogP contribution < -0.4 is 5.73 Å². The highest BCUT2D eigenvalue weighted by atomic mass is 35.5. The number of hydrogen-bond donors (Lipinski definition) is 1. The van der Waals surface area contributed by atoms with E-state index in [1.165, 1.54) is 16.1 Å². The van der Waals surface area contributed by atoms with Gasteiger partial charge in [-0.2, -0.15) is 4.80 Å². The molecule has 0 saturated heterocycles. The topological polar surface area (TPSA) is 69.6 Å². The van der Waals surface area contributed by atoms with Gasteiger partial charge in [-0.1, -0.05) is 11.6 Å². The van der Waals surface area contributed by atoms with Crippen LogP contribution in [0.15, 0.2) is 11.4 Å². The average Bonchev–Trinajstić information content (AvgIpc) is 2.73. The predicted octanol–water partition coefficient (Wildman–Crippen LogP) is 0.973. The molecule has 0 bridgehead atoms. The largest absolute Gasteiger partial charge is 0.317 e. The van der Waals surface area contributed by atoms with Crippen molar-refractivity contribution >= 4 is 22.9 Å². The first-order valence-corrected chi connectivity index (χ1v) is 5.16. The summed E-state index contributed by atoms with van der Waals surface area (Å²) < 4.78 is 0. The fraction of sp³-hybridized carbons (Fsp3) is 0.286. The molecule has 0 radical (unpaired) electrons. The second kappa shape index (κ2) is 3.64. The van der Waals surface area contributed by atoms with Crippen LogP contribution in [0.5, 0.6) is 0 Å². The molecule has 14 heavy (non-hydrogen) atoms. The maximum Gasteiger partial charge on any atom is 0.196 e. The predicted molar refractivity (Wildman–Crippen MR) is 54.2 cm³/mol. The zero-order valence-electron chi connectivity index (χ0n) is 7.38. The summed E-state index contributed by atoms with van der Waals surface area (Å²) in [4.78, 5) is 2.23. The first-order valence-electron chi connectivity index (χ1n) is 3.91. The van der Waals surface area contributed by atoms with E-state index in [2.05, 4.69) is 15.4 Å². The fourth-order valence-corrected chi connectivity index (χ4v) is 2.24. The molecular formula is C7H8ClN5S. The lowest BCUT2D eigenvalue weighted by Crippen LogP contribution is -2.13. The van der Waals surface area contributed by atoms with Crippen molar-refractivity contribution in [2.75, 3.05) is 0 Å². The average molecular weight is 230 g/mol. The molecule has 1 atom stereocenters. The van der Waals surface area contributed by atoms with E-state index in [-0.39, 0.29) is 0 Å². The van der Waals surface area contributed by atoms with Gasteiger partial charge in [0, 0.05) is 4.88 Å². The summed E-state index contributed by atoms with van der Waals surface area (Å²) in [6.45, 7) is 0. The van der Waals surface area contributed by atoms with Gasteiger partial charge in [-0.3, -0.25) is 0 Å². The van der Waals surface area contributed by atoms with Gasteiger partial charge in [0.05, 0.1) is 12.1 Å². The molecule has 1 unspecified atom stereocenters. The van der Waals surface area contributed by atoms with Crippen molar-refractivity contribution in [2.24, 2.45) is 12.8 Å². The zero-order chi connectivity index (χ0) is 10.1. The van der Waals surface area contributed by atoms with Crippen LogP contribution >= 0.6 is 22.9 Å². The van der Waals surface area contributed by atoms with E-state index in [9.17, 15) is 0 Å². The summed E-state index contributed by atoms with van der Waals surface area (Å²) in [6, 6.07) is 1.41. The van der Waals surface area contributed by atoms with E-state index in [1.54, 1.807) is 13.1 Å². The highest BCUT2D eigenvalue weighted by molar-refractivity contribution is 7.10. The van der Waals surface area contributed by atoms with Crippen LogP contribution in [0.1, 0.15) is 16.7 Å². The molecule has 2 aromatic heterocycles. The number of tetrazole rings is 1. The van der Waals surface area contributed by atoms with Gasteiger partial charge in [-0.05, 0) is 16.7 Å². The molecule has 2 rings (SSSR count). The van der Waals surface area contributed by atoms with Gasteiger partial charge >= 0.3 is 0 Å². The van der Waals surface area contributed by atoms with Crippen molar-refractivity contribution < 1.29 is 0 Å². The van der Waals surface area contributed by atoms with Gasteiger partial charge < -0.3 is 5.73 Å². The molecule has 0 amide bonds. The number of nitrogens with zero attached hydrogens (tertiary/aromatic N) is 4. The van der Waals surface area contributed by atoms with Crippen LogP contribution in [0, 0.1) is 0 Å². The van der Waals surface area contributed by atoms with Crippen LogP contribution in [-0.2, 0) is 7.05 Å². The number of rotatable bonds is 2. The quantitative estimate of drug-likeness (QED) is 0.833. The fourth-order valence-electron chi connectivity index (χ4n) is 1.07. The van der Waals surface area contributed by atoms with Gasteiger partial charge in [0.1, 0.15) is 6.04 Å². The minimum atomic E-state index is -0.392. The van der Waals surface area contributed by atoms with E-state index in [0.717, 1.165) is 4.88 Å². The molecule has 2 N–H and O–H groups in total. The second-order valence-corrected chi connectivity index (χ2v) is 4.10. The molecule has 0 aliphatic carbocycles. The lowest BCUT2D eigenvalue weighted by atomic mass is 10.2. The summed E-state index contributed by atoms with van der Waals surface area (Å²) in [7, 11) is 1.69. The Morgan fingerprint density at radius 1 is 1.64 bits per heavy atom. The molecule has 0 spiro atoms. The second-order valence-electron chi connectivity index (χ2n) is 2.75. The number of aromatic nitrogens is 4. The number of aryl methyl sites for hydroxylation is 1. The molecule has 7 heteroatoms. The number of nitrogens with two attached hydrogens (primary N) is 1. The molecule has 2 heterocycles. The van der Waals surface area contributed by atoms with Crippen LogP contribution in [0.3, 0.4) is 0 Å². The number of hydrogen-bond acceptors (Lipinski definition) is 5. The van der Waals surface area contributed by atoms with Crippen molar-refractivity contribution in [1.29, 1.82) is 0 Å². The van der Waals surface area contributed by atoms with Gasteiger partial charge in [-0.15, -0.1) is 21.5 Å². The summed E-state index contributed by atoms with van der Waals surface area (Å²) in [5.74, 6) is 0.483. The van der Waals surface area contributed by atoms with Crippen molar-refractivity contribution in [2.45, 2.75) is 6.04 Å². The Hall–Kier alpha value is -0.980. The maximum atomic E-state index is 5.94. The minimum absolute atomic E-state index is 0.392. The third kappa shape index (κ3) is 1.63.